The molecule has 2 atom stereocenters. The second kappa shape index (κ2) is 6.66. The molecular weight excluding hydrogens is 274 g/mol. The molecule has 0 spiro atoms. The summed E-state index contributed by atoms with van der Waals surface area (Å²) >= 11 is 0. The maximum absolute atomic E-state index is 12.1. The summed E-state index contributed by atoms with van der Waals surface area (Å²) in [5.74, 6) is 0.380. The van der Waals surface area contributed by atoms with Crippen molar-refractivity contribution in [2.24, 2.45) is 11.7 Å². The van der Waals surface area contributed by atoms with Gasteiger partial charge in [-0.3, -0.25) is 9.36 Å². The maximum atomic E-state index is 12.1. The number of hydrogen-bond acceptors (Lipinski definition) is 5. The Hall–Kier alpha value is -1.96. The highest BCUT2D eigenvalue weighted by Crippen LogP contribution is 2.23. The van der Waals surface area contributed by atoms with Gasteiger partial charge in [0.1, 0.15) is 12.7 Å². The number of nitrogens with zero attached hydrogens (tertiary/aromatic N) is 3. The predicted molar refractivity (Wildman–Crippen MR) is 76.6 cm³/mol. The van der Waals surface area contributed by atoms with Crippen molar-refractivity contribution in [3.8, 4) is 0 Å². The molecule has 21 heavy (non-hydrogen) atoms. The molecule has 2 unspecified atom stereocenters. The molecule has 2 rings (SSSR count). The highest BCUT2D eigenvalue weighted by Gasteiger charge is 2.26. The van der Waals surface area contributed by atoms with E-state index in [1.54, 1.807) is 6.92 Å². The average Bonchev–Trinajstić information content (AvgIpc) is 2.81. The molecule has 1 aliphatic rings. The van der Waals surface area contributed by atoms with E-state index in [9.17, 15) is 14.9 Å². The van der Waals surface area contributed by atoms with E-state index in [1.165, 1.54) is 10.8 Å². The summed E-state index contributed by atoms with van der Waals surface area (Å²) in [7, 11) is 0. The minimum atomic E-state index is -0.563. The first-order valence-corrected chi connectivity index (χ1v) is 7.19. The molecule has 0 radical (unpaired) electrons. The van der Waals surface area contributed by atoms with Crippen LogP contribution in [0.5, 0.6) is 0 Å². The van der Waals surface area contributed by atoms with Crippen LogP contribution in [0.15, 0.2) is 6.20 Å². The van der Waals surface area contributed by atoms with Crippen molar-refractivity contribution in [1.29, 1.82) is 0 Å². The molecule has 1 aromatic heterocycles. The molecule has 0 bridgehead atoms. The third-order valence-corrected chi connectivity index (χ3v) is 4.02. The van der Waals surface area contributed by atoms with Gasteiger partial charge in [-0.1, -0.05) is 12.8 Å². The Morgan fingerprint density at radius 3 is 2.90 bits per heavy atom. The summed E-state index contributed by atoms with van der Waals surface area (Å²) in [5, 5.41) is 13.7. The second-order valence-corrected chi connectivity index (χ2v) is 5.49. The van der Waals surface area contributed by atoms with E-state index in [2.05, 4.69) is 10.3 Å². The zero-order chi connectivity index (χ0) is 15.4. The number of imidazole rings is 1. The van der Waals surface area contributed by atoms with Gasteiger partial charge in [0, 0.05) is 13.0 Å². The summed E-state index contributed by atoms with van der Waals surface area (Å²) < 4.78 is 1.49. The number of aryl methyl sites for hydroxylation is 1. The van der Waals surface area contributed by atoms with Gasteiger partial charge in [-0.2, -0.15) is 0 Å². The standard InChI is InChI=1S/C13H21N5O3/c1-9-15-12(18(20)21)7-17(9)8-13(19)16-11-5-3-2-4-10(11)6-14/h7,10-11H,2-6,8,14H2,1H3,(H,16,19). The molecule has 8 nitrogen and oxygen atoms in total. The first-order valence-electron chi connectivity index (χ1n) is 7.19. The first kappa shape index (κ1) is 15.4. The van der Waals surface area contributed by atoms with Crippen molar-refractivity contribution in [3.05, 3.63) is 22.1 Å². The van der Waals surface area contributed by atoms with Crippen molar-refractivity contribution in [3.63, 3.8) is 0 Å². The average molecular weight is 295 g/mol. The van der Waals surface area contributed by atoms with Crippen LogP contribution in [0.2, 0.25) is 0 Å². The van der Waals surface area contributed by atoms with Gasteiger partial charge in [0.05, 0.1) is 0 Å². The second-order valence-electron chi connectivity index (χ2n) is 5.49. The summed E-state index contributed by atoms with van der Waals surface area (Å²) in [6.07, 6.45) is 5.52. The van der Waals surface area contributed by atoms with Crippen LogP contribution in [0.4, 0.5) is 5.82 Å². The lowest BCUT2D eigenvalue weighted by Gasteiger charge is -2.31. The molecule has 8 heteroatoms. The van der Waals surface area contributed by atoms with Crippen LogP contribution < -0.4 is 11.1 Å². The number of carbonyl (C=O) groups is 1. The Morgan fingerprint density at radius 1 is 1.57 bits per heavy atom. The molecule has 1 aliphatic carbocycles. The number of nitrogens with two attached hydrogens (primary N) is 1. The lowest BCUT2D eigenvalue weighted by molar-refractivity contribution is -0.389. The van der Waals surface area contributed by atoms with Crippen molar-refractivity contribution in [2.75, 3.05) is 6.54 Å². The number of hydrogen-bond donors (Lipinski definition) is 2. The Balaban J connectivity index is 1.96. The van der Waals surface area contributed by atoms with Crippen LogP contribution in [0, 0.1) is 23.0 Å². The first-order chi connectivity index (χ1) is 10.0. The Morgan fingerprint density at radius 2 is 2.29 bits per heavy atom. The highest BCUT2D eigenvalue weighted by molar-refractivity contribution is 5.76. The van der Waals surface area contributed by atoms with Crippen molar-refractivity contribution < 1.29 is 9.72 Å². The fourth-order valence-electron chi connectivity index (χ4n) is 2.83. The van der Waals surface area contributed by atoms with Gasteiger partial charge in [-0.25, -0.2) is 0 Å². The van der Waals surface area contributed by atoms with Crippen LogP contribution in [0.1, 0.15) is 31.5 Å². The quantitative estimate of drug-likeness (QED) is 0.613. The Kier molecular flexibility index (Phi) is 4.89. The molecule has 3 N–H and O–H groups in total. The fraction of sp³-hybridized carbons (Fsp3) is 0.692. The van der Waals surface area contributed by atoms with E-state index in [0.29, 0.717) is 18.3 Å². The molecule has 1 heterocycles. The molecule has 116 valence electrons. The molecule has 1 saturated carbocycles. The third-order valence-electron chi connectivity index (χ3n) is 4.02. The van der Waals surface area contributed by atoms with Crippen LogP contribution in [-0.2, 0) is 11.3 Å². The zero-order valence-corrected chi connectivity index (χ0v) is 12.1. The van der Waals surface area contributed by atoms with E-state index in [4.69, 9.17) is 5.73 Å². The Bertz CT molecular complexity index is 528. The topological polar surface area (TPSA) is 116 Å². The van der Waals surface area contributed by atoms with E-state index >= 15 is 0 Å². The largest absolute Gasteiger partial charge is 0.381 e. The van der Waals surface area contributed by atoms with E-state index in [1.807, 2.05) is 0 Å². The van der Waals surface area contributed by atoms with Crippen LogP contribution in [0.25, 0.3) is 0 Å². The van der Waals surface area contributed by atoms with Crippen LogP contribution in [0.3, 0.4) is 0 Å². The van der Waals surface area contributed by atoms with E-state index in [-0.39, 0.29) is 24.3 Å². The Labute approximate surface area is 122 Å². The fourth-order valence-corrected chi connectivity index (χ4v) is 2.83. The van der Waals surface area contributed by atoms with Gasteiger partial charge in [0.25, 0.3) is 0 Å². The smallest absolute Gasteiger partial charge is 0.358 e. The van der Waals surface area contributed by atoms with E-state index < -0.39 is 4.92 Å². The number of amides is 1. The number of aromatic nitrogens is 2. The van der Waals surface area contributed by atoms with Crippen molar-refractivity contribution in [1.82, 2.24) is 14.9 Å². The number of carbonyl (C=O) groups excluding carboxylic acids is 1. The summed E-state index contributed by atoms with van der Waals surface area (Å²) in [4.78, 5) is 26.0. The normalized spacial score (nSPS) is 22.0. The lowest BCUT2D eigenvalue weighted by atomic mass is 9.84. The number of rotatable bonds is 5. The molecule has 0 saturated heterocycles. The van der Waals surface area contributed by atoms with Gasteiger partial charge < -0.3 is 21.2 Å². The highest BCUT2D eigenvalue weighted by atomic mass is 16.6. The minimum Gasteiger partial charge on any atom is -0.358 e. The summed E-state index contributed by atoms with van der Waals surface area (Å²) in [6.45, 7) is 2.25. The lowest BCUT2D eigenvalue weighted by Crippen LogP contribution is -2.45. The molecular formula is C13H21N5O3. The number of nitro groups is 1. The molecule has 0 aliphatic heterocycles. The SMILES string of the molecule is Cc1nc([N+](=O)[O-])cn1CC(=O)NC1CCCCC1CN. The van der Waals surface area contributed by atoms with Crippen molar-refractivity contribution in [2.45, 2.75) is 45.2 Å². The summed E-state index contributed by atoms with van der Waals surface area (Å²) in [5.41, 5.74) is 5.74. The summed E-state index contributed by atoms with van der Waals surface area (Å²) in [6, 6.07) is 0.107. The van der Waals surface area contributed by atoms with Crippen LogP contribution in [-0.4, -0.2) is 33.0 Å². The predicted octanol–water partition coefficient (Wildman–Crippen LogP) is 0.733. The van der Waals surface area contributed by atoms with Gasteiger partial charge in [0.2, 0.25) is 11.7 Å². The van der Waals surface area contributed by atoms with Crippen molar-refractivity contribution >= 4 is 11.7 Å². The van der Waals surface area contributed by atoms with Gasteiger partial charge in [0.15, 0.2) is 0 Å². The van der Waals surface area contributed by atoms with E-state index in [0.717, 1.165) is 25.7 Å². The van der Waals surface area contributed by atoms with Gasteiger partial charge >= 0.3 is 5.82 Å². The third kappa shape index (κ3) is 3.78. The van der Waals surface area contributed by atoms with Crippen LogP contribution >= 0.6 is 0 Å². The zero-order valence-electron chi connectivity index (χ0n) is 12.1. The molecule has 1 amide bonds. The molecule has 1 aromatic rings. The minimum absolute atomic E-state index is 0.0421. The maximum Gasteiger partial charge on any atom is 0.381 e. The van der Waals surface area contributed by atoms with Gasteiger partial charge in [-0.15, -0.1) is 0 Å². The molecule has 1 fully saturated rings. The molecule has 0 aromatic carbocycles. The number of nitrogens with one attached hydrogen (secondary N) is 1. The van der Waals surface area contributed by atoms with Gasteiger partial charge in [-0.05, 0) is 35.2 Å². The monoisotopic (exact) mass is 295 g/mol.